The molecule has 3 saturated heterocycles. The largest absolute Gasteiger partial charge is 0.297 e. The number of nitro groups is 2. The SMILES string of the molecule is O=[N+]([O-])c1ccc(CCN2CC3CCC2CN3CCc2ccc([N+](=O)[O-])cc2)cc1. The van der Waals surface area contributed by atoms with Crippen molar-refractivity contribution in [2.75, 3.05) is 26.2 Å². The lowest BCUT2D eigenvalue weighted by Crippen LogP contribution is -2.62. The Bertz CT molecular complexity index is 825. The van der Waals surface area contributed by atoms with Crippen LogP contribution >= 0.6 is 0 Å². The third-order valence-electron chi connectivity index (χ3n) is 6.43. The molecule has 2 atom stereocenters. The first-order valence-corrected chi connectivity index (χ1v) is 10.4. The van der Waals surface area contributed by atoms with E-state index in [1.165, 1.54) is 12.8 Å². The van der Waals surface area contributed by atoms with Crippen molar-refractivity contribution >= 4 is 11.4 Å². The minimum absolute atomic E-state index is 0.138. The lowest BCUT2D eigenvalue weighted by atomic mass is 9.90. The van der Waals surface area contributed by atoms with E-state index in [2.05, 4.69) is 9.80 Å². The molecule has 158 valence electrons. The van der Waals surface area contributed by atoms with E-state index in [0.29, 0.717) is 12.1 Å². The predicted octanol–water partition coefficient (Wildman–Crippen LogP) is 3.44. The Balaban J connectivity index is 1.27. The number of hydrogen-bond donors (Lipinski definition) is 0. The zero-order valence-electron chi connectivity index (χ0n) is 16.9. The van der Waals surface area contributed by atoms with E-state index in [4.69, 9.17) is 0 Å². The predicted molar refractivity (Wildman–Crippen MR) is 114 cm³/mol. The van der Waals surface area contributed by atoms with Gasteiger partial charge in [-0.1, -0.05) is 24.3 Å². The zero-order chi connectivity index (χ0) is 21.1. The average molecular weight is 410 g/mol. The molecule has 0 aliphatic carbocycles. The van der Waals surface area contributed by atoms with E-state index < -0.39 is 0 Å². The normalized spacial score (nSPS) is 21.6. The Hall–Kier alpha value is -2.84. The maximum absolute atomic E-state index is 10.8. The zero-order valence-corrected chi connectivity index (χ0v) is 16.9. The van der Waals surface area contributed by atoms with Crippen molar-refractivity contribution in [3.63, 3.8) is 0 Å². The van der Waals surface area contributed by atoms with Crippen LogP contribution in [0.2, 0.25) is 0 Å². The highest BCUT2D eigenvalue weighted by molar-refractivity contribution is 5.33. The molecule has 0 amide bonds. The van der Waals surface area contributed by atoms with Gasteiger partial charge in [0.05, 0.1) is 9.85 Å². The summed E-state index contributed by atoms with van der Waals surface area (Å²) in [7, 11) is 0. The molecular weight excluding hydrogens is 384 g/mol. The van der Waals surface area contributed by atoms with Crippen LogP contribution in [0.4, 0.5) is 11.4 Å². The summed E-state index contributed by atoms with van der Waals surface area (Å²) in [4.78, 5) is 26.0. The molecular formula is C22H26N4O4. The van der Waals surface area contributed by atoms with Gasteiger partial charge >= 0.3 is 0 Å². The van der Waals surface area contributed by atoms with Crippen LogP contribution in [-0.2, 0) is 12.8 Å². The molecule has 2 unspecified atom stereocenters. The van der Waals surface area contributed by atoms with Crippen LogP contribution in [0.15, 0.2) is 48.5 Å². The van der Waals surface area contributed by atoms with Gasteiger partial charge in [0.1, 0.15) is 0 Å². The standard InChI is InChI=1S/C22H26N4O4/c27-25(28)19-5-1-17(2-6-19)11-13-23-15-22-10-9-21(23)16-24(22)14-12-18-3-7-20(8-4-18)26(29)30/h1-8,21-22H,9-16H2. The minimum atomic E-state index is -0.362. The molecule has 3 fully saturated rings. The Morgan fingerprint density at radius 1 is 0.700 bits per heavy atom. The molecule has 8 nitrogen and oxygen atoms in total. The quantitative estimate of drug-likeness (QED) is 0.489. The van der Waals surface area contributed by atoms with Crippen LogP contribution in [0.1, 0.15) is 24.0 Å². The fraction of sp³-hybridized carbons (Fsp3) is 0.455. The summed E-state index contributed by atoms with van der Waals surface area (Å²) in [6.45, 7) is 4.10. The lowest BCUT2D eigenvalue weighted by Gasteiger charge is -2.51. The summed E-state index contributed by atoms with van der Waals surface area (Å²) in [6, 6.07) is 14.9. The molecule has 0 spiro atoms. The second-order valence-electron chi connectivity index (χ2n) is 8.22. The minimum Gasteiger partial charge on any atom is -0.297 e. The van der Waals surface area contributed by atoms with Crippen molar-refractivity contribution in [2.45, 2.75) is 37.8 Å². The van der Waals surface area contributed by atoms with E-state index in [-0.39, 0.29) is 21.2 Å². The summed E-state index contributed by atoms with van der Waals surface area (Å²) in [5.74, 6) is 0. The molecule has 2 aromatic carbocycles. The topological polar surface area (TPSA) is 92.8 Å². The van der Waals surface area contributed by atoms with Crippen LogP contribution in [-0.4, -0.2) is 57.9 Å². The van der Waals surface area contributed by atoms with Gasteiger partial charge < -0.3 is 0 Å². The fourth-order valence-corrected chi connectivity index (χ4v) is 4.66. The van der Waals surface area contributed by atoms with Gasteiger partial charge in [0.15, 0.2) is 0 Å². The summed E-state index contributed by atoms with van der Waals surface area (Å²) >= 11 is 0. The van der Waals surface area contributed by atoms with Gasteiger partial charge in [0, 0.05) is 62.5 Å². The number of nitro benzene ring substituents is 2. The highest BCUT2D eigenvalue weighted by Gasteiger charge is 2.38. The smallest absolute Gasteiger partial charge is 0.269 e. The molecule has 0 N–H and O–H groups in total. The molecule has 30 heavy (non-hydrogen) atoms. The Labute approximate surface area is 175 Å². The molecule has 3 heterocycles. The van der Waals surface area contributed by atoms with Crippen LogP contribution in [0.25, 0.3) is 0 Å². The molecule has 2 aromatic rings. The monoisotopic (exact) mass is 410 g/mol. The third kappa shape index (κ3) is 4.66. The van der Waals surface area contributed by atoms with Crippen LogP contribution < -0.4 is 0 Å². The van der Waals surface area contributed by atoms with Gasteiger partial charge in [-0.05, 0) is 36.8 Å². The van der Waals surface area contributed by atoms with E-state index in [9.17, 15) is 20.2 Å². The molecule has 8 heteroatoms. The van der Waals surface area contributed by atoms with Gasteiger partial charge in [-0.2, -0.15) is 0 Å². The molecule has 0 radical (unpaired) electrons. The van der Waals surface area contributed by atoms with Crippen LogP contribution in [0.5, 0.6) is 0 Å². The summed E-state index contributed by atoms with van der Waals surface area (Å²) in [6.07, 6.45) is 4.26. The van der Waals surface area contributed by atoms with E-state index >= 15 is 0 Å². The third-order valence-corrected chi connectivity index (χ3v) is 6.43. The first kappa shape index (κ1) is 20.4. The van der Waals surface area contributed by atoms with Crippen molar-refractivity contribution in [1.82, 2.24) is 9.80 Å². The van der Waals surface area contributed by atoms with Crippen molar-refractivity contribution < 1.29 is 9.85 Å². The van der Waals surface area contributed by atoms with E-state index in [0.717, 1.165) is 50.1 Å². The maximum Gasteiger partial charge on any atom is 0.269 e. The van der Waals surface area contributed by atoms with Gasteiger partial charge in [-0.15, -0.1) is 0 Å². The second kappa shape index (κ2) is 8.89. The number of piperazine rings is 1. The van der Waals surface area contributed by atoms with E-state index in [1.54, 1.807) is 24.3 Å². The molecule has 3 aliphatic heterocycles. The first-order valence-electron chi connectivity index (χ1n) is 10.4. The van der Waals surface area contributed by atoms with Crippen molar-refractivity contribution in [1.29, 1.82) is 0 Å². The summed E-state index contributed by atoms with van der Waals surface area (Å²) in [5.41, 5.74) is 2.55. The molecule has 0 aromatic heterocycles. The summed E-state index contributed by atoms with van der Waals surface area (Å²) < 4.78 is 0. The van der Waals surface area contributed by atoms with E-state index in [1.807, 2.05) is 24.3 Å². The first-order chi connectivity index (χ1) is 14.5. The van der Waals surface area contributed by atoms with Crippen LogP contribution in [0.3, 0.4) is 0 Å². The number of fused-ring (bicyclic) bond motifs is 3. The van der Waals surface area contributed by atoms with Gasteiger partial charge in [0.2, 0.25) is 0 Å². The Morgan fingerprint density at radius 3 is 1.37 bits per heavy atom. The molecule has 5 rings (SSSR count). The number of non-ortho nitro benzene ring substituents is 2. The number of piperidine rings is 2. The Kier molecular flexibility index (Phi) is 6.06. The van der Waals surface area contributed by atoms with Crippen molar-refractivity contribution in [3.05, 3.63) is 79.9 Å². The Morgan fingerprint density at radius 2 is 1.07 bits per heavy atom. The van der Waals surface area contributed by atoms with Gasteiger partial charge in [-0.25, -0.2) is 0 Å². The summed E-state index contributed by atoms with van der Waals surface area (Å²) in [5, 5.41) is 21.6. The van der Waals surface area contributed by atoms with Crippen molar-refractivity contribution in [2.24, 2.45) is 0 Å². The number of hydrogen-bond acceptors (Lipinski definition) is 6. The lowest BCUT2D eigenvalue weighted by molar-refractivity contribution is -0.385. The van der Waals surface area contributed by atoms with Gasteiger partial charge in [-0.3, -0.25) is 30.0 Å². The fourth-order valence-electron chi connectivity index (χ4n) is 4.66. The molecule has 2 bridgehead atoms. The average Bonchev–Trinajstić information content (AvgIpc) is 2.77. The number of benzene rings is 2. The van der Waals surface area contributed by atoms with Gasteiger partial charge in [0.25, 0.3) is 11.4 Å². The van der Waals surface area contributed by atoms with Crippen LogP contribution in [0, 0.1) is 20.2 Å². The second-order valence-corrected chi connectivity index (χ2v) is 8.22. The van der Waals surface area contributed by atoms with Crippen molar-refractivity contribution in [3.8, 4) is 0 Å². The highest BCUT2D eigenvalue weighted by atomic mass is 16.6. The number of rotatable bonds is 8. The molecule has 0 saturated carbocycles. The maximum atomic E-state index is 10.8. The molecule has 3 aliphatic rings. The highest BCUT2D eigenvalue weighted by Crippen LogP contribution is 2.29. The number of nitrogens with zero attached hydrogens (tertiary/aromatic N) is 4.